The summed E-state index contributed by atoms with van der Waals surface area (Å²) in [4.78, 5) is 13.6. The Morgan fingerprint density at radius 1 is 1.62 bits per heavy atom. The molecule has 16 heavy (non-hydrogen) atoms. The van der Waals surface area contributed by atoms with E-state index in [2.05, 4.69) is 18.7 Å². The zero-order chi connectivity index (χ0) is 12.1. The van der Waals surface area contributed by atoms with Crippen molar-refractivity contribution in [2.75, 3.05) is 13.6 Å². The lowest BCUT2D eigenvalue weighted by Gasteiger charge is -2.20. The van der Waals surface area contributed by atoms with E-state index in [4.69, 9.17) is 5.11 Å². The van der Waals surface area contributed by atoms with Crippen LogP contribution in [0.1, 0.15) is 35.5 Å². The van der Waals surface area contributed by atoms with E-state index in [-0.39, 0.29) is 0 Å². The summed E-state index contributed by atoms with van der Waals surface area (Å²) in [6.45, 7) is 6.11. The number of aromatic carboxylic acids is 1. The number of rotatable bonds is 6. The van der Waals surface area contributed by atoms with Crippen LogP contribution in [0.15, 0.2) is 11.4 Å². The number of carboxylic acid groups (broad SMARTS) is 1. The maximum absolute atomic E-state index is 10.9. The van der Waals surface area contributed by atoms with E-state index in [0.29, 0.717) is 10.8 Å². The van der Waals surface area contributed by atoms with Crippen LogP contribution in [0.5, 0.6) is 0 Å². The van der Waals surface area contributed by atoms with Crippen molar-refractivity contribution in [3.05, 3.63) is 21.9 Å². The third kappa shape index (κ3) is 3.61. The largest absolute Gasteiger partial charge is 0.477 e. The predicted octanol–water partition coefficient (Wildman–Crippen LogP) is 2.92. The van der Waals surface area contributed by atoms with E-state index in [0.717, 1.165) is 25.1 Å². The van der Waals surface area contributed by atoms with Crippen molar-refractivity contribution >= 4 is 17.3 Å². The number of hydrogen-bond donors (Lipinski definition) is 1. The minimum atomic E-state index is -0.818. The Bertz CT molecular complexity index is 349. The molecule has 0 bridgehead atoms. The molecule has 0 aliphatic heterocycles. The van der Waals surface area contributed by atoms with Crippen LogP contribution < -0.4 is 0 Å². The van der Waals surface area contributed by atoms with E-state index in [1.54, 1.807) is 0 Å². The molecule has 90 valence electrons. The zero-order valence-corrected chi connectivity index (χ0v) is 10.9. The molecule has 1 aromatic rings. The highest BCUT2D eigenvalue weighted by Gasteiger charge is 2.13. The lowest BCUT2D eigenvalue weighted by atomic mass is 10.1. The van der Waals surface area contributed by atoms with Crippen LogP contribution in [0, 0.1) is 5.92 Å². The van der Waals surface area contributed by atoms with Crippen molar-refractivity contribution in [2.45, 2.75) is 26.8 Å². The van der Waals surface area contributed by atoms with Gasteiger partial charge in [-0.2, -0.15) is 0 Å². The summed E-state index contributed by atoms with van der Waals surface area (Å²) in [6.07, 6.45) is 1.15. The standard InChI is InChI=1S/C12H19NO2S/c1-4-9(2)7-13(3)8-10-5-6-16-11(10)12(14)15/h5-6,9H,4,7-8H2,1-3H3,(H,14,15). The Kier molecular flexibility index (Phi) is 4.96. The highest BCUT2D eigenvalue weighted by atomic mass is 32.1. The maximum Gasteiger partial charge on any atom is 0.346 e. The van der Waals surface area contributed by atoms with Gasteiger partial charge in [-0.3, -0.25) is 0 Å². The van der Waals surface area contributed by atoms with Gasteiger partial charge in [0.05, 0.1) is 0 Å². The van der Waals surface area contributed by atoms with E-state index in [9.17, 15) is 4.79 Å². The van der Waals surface area contributed by atoms with Crippen LogP contribution in [0.25, 0.3) is 0 Å². The molecule has 1 aromatic heterocycles. The van der Waals surface area contributed by atoms with Crippen molar-refractivity contribution in [3.63, 3.8) is 0 Å². The van der Waals surface area contributed by atoms with Gasteiger partial charge < -0.3 is 10.0 Å². The molecule has 0 aromatic carbocycles. The van der Waals surface area contributed by atoms with Crippen molar-refractivity contribution in [3.8, 4) is 0 Å². The molecule has 0 radical (unpaired) electrons. The first kappa shape index (κ1) is 13.2. The summed E-state index contributed by atoms with van der Waals surface area (Å²) in [5, 5.41) is 10.8. The molecule has 1 rings (SSSR count). The fraction of sp³-hybridized carbons (Fsp3) is 0.583. The van der Waals surface area contributed by atoms with Gasteiger partial charge in [0.1, 0.15) is 4.88 Å². The molecule has 1 unspecified atom stereocenters. The lowest BCUT2D eigenvalue weighted by molar-refractivity contribution is 0.0700. The van der Waals surface area contributed by atoms with Crippen LogP contribution in [-0.2, 0) is 6.54 Å². The predicted molar refractivity (Wildman–Crippen MR) is 67.1 cm³/mol. The van der Waals surface area contributed by atoms with Crippen molar-refractivity contribution in [1.82, 2.24) is 4.90 Å². The fourth-order valence-electron chi connectivity index (χ4n) is 1.66. The summed E-state index contributed by atoms with van der Waals surface area (Å²) in [5.74, 6) is -0.168. The Morgan fingerprint density at radius 2 is 2.31 bits per heavy atom. The van der Waals surface area contributed by atoms with Gasteiger partial charge in [-0.1, -0.05) is 20.3 Å². The van der Waals surface area contributed by atoms with E-state index in [1.165, 1.54) is 11.3 Å². The molecule has 1 heterocycles. The first-order chi connectivity index (χ1) is 7.54. The quantitative estimate of drug-likeness (QED) is 0.832. The molecular weight excluding hydrogens is 222 g/mol. The van der Waals surface area contributed by atoms with Gasteiger partial charge in [0, 0.05) is 13.1 Å². The van der Waals surface area contributed by atoms with Gasteiger partial charge in [-0.25, -0.2) is 4.79 Å². The van der Waals surface area contributed by atoms with Gasteiger partial charge in [0.2, 0.25) is 0 Å². The molecular formula is C12H19NO2S. The van der Waals surface area contributed by atoms with Gasteiger partial charge in [0.15, 0.2) is 0 Å². The number of nitrogens with zero attached hydrogens (tertiary/aromatic N) is 1. The zero-order valence-electron chi connectivity index (χ0n) is 10.1. The topological polar surface area (TPSA) is 40.5 Å². The molecule has 0 saturated carbocycles. The average Bonchev–Trinajstić information content (AvgIpc) is 2.65. The van der Waals surface area contributed by atoms with Crippen molar-refractivity contribution < 1.29 is 9.90 Å². The molecule has 0 fully saturated rings. The molecule has 0 spiro atoms. The summed E-state index contributed by atoms with van der Waals surface area (Å²) >= 11 is 1.30. The smallest absolute Gasteiger partial charge is 0.346 e. The molecule has 0 saturated heterocycles. The number of carboxylic acids is 1. The molecule has 0 amide bonds. The second kappa shape index (κ2) is 6.01. The highest BCUT2D eigenvalue weighted by Crippen LogP contribution is 2.18. The number of thiophene rings is 1. The van der Waals surface area contributed by atoms with Crippen LogP contribution in [0.4, 0.5) is 0 Å². The molecule has 0 aliphatic rings. The molecule has 1 N–H and O–H groups in total. The molecule has 1 atom stereocenters. The Balaban J connectivity index is 2.59. The van der Waals surface area contributed by atoms with E-state index < -0.39 is 5.97 Å². The molecule has 4 heteroatoms. The Hall–Kier alpha value is -0.870. The van der Waals surface area contributed by atoms with Crippen molar-refractivity contribution in [2.24, 2.45) is 5.92 Å². The van der Waals surface area contributed by atoms with Crippen LogP contribution >= 0.6 is 11.3 Å². The minimum Gasteiger partial charge on any atom is -0.477 e. The monoisotopic (exact) mass is 241 g/mol. The first-order valence-corrected chi connectivity index (χ1v) is 6.40. The third-order valence-corrected chi connectivity index (χ3v) is 3.65. The first-order valence-electron chi connectivity index (χ1n) is 5.52. The van der Waals surface area contributed by atoms with E-state index >= 15 is 0 Å². The number of carbonyl (C=O) groups is 1. The second-order valence-corrected chi connectivity index (χ2v) is 5.21. The second-order valence-electron chi connectivity index (χ2n) is 4.29. The Labute approximate surface area is 101 Å². The van der Waals surface area contributed by atoms with Gasteiger partial charge in [-0.05, 0) is 30.0 Å². The van der Waals surface area contributed by atoms with Crippen LogP contribution in [-0.4, -0.2) is 29.6 Å². The normalized spacial score (nSPS) is 13.0. The summed E-state index contributed by atoms with van der Waals surface area (Å²) in [6, 6.07) is 1.90. The maximum atomic E-state index is 10.9. The Morgan fingerprint density at radius 3 is 2.88 bits per heavy atom. The summed E-state index contributed by atoms with van der Waals surface area (Å²) in [7, 11) is 2.04. The lowest BCUT2D eigenvalue weighted by Crippen LogP contribution is -2.24. The summed E-state index contributed by atoms with van der Waals surface area (Å²) < 4.78 is 0. The van der Waals surface area contributed by atoms with Gasteiger partial charge in [-0.15, -0.1) is 11.3 Å². The minimum absolute atomic E-state index is 0.469. The third-order valence-electron chi connectivity index (χ3n) is 2.70. The summed E-state index contributed by atoms with van der Waals surface area (Å²) in [5.41, 5.74) is 0.920. The molecule has 3 nitrogen and oxygen atoms in total. The fourth-order valence-corrected chi connectivity index (χ4v) is 2.42. The average molecular weight is 241 g/mol. The SMILES string of the molecule is CCC(C)CN(C)Cc1ccsc1C(=O)O. The van der Waals surface area contributed by atoms with Gasteiger partial charge >= 0.3 is 5.97 Å². The van der Waals surface area contributed by atoms with Gasteiger partial charge in [0.25, 0.3) is 0 Å². The molecule has 0 aliphatic carbocycles. The van der Waals surface area contributed by atoms with E-state index in [1.807, 2.05) is 18.5 Å². The van der Waals surface area contributed by atoms with Crippen LogP contribution in [0.3, 0.4) is 0 Å². The van der Waals surface area contributed by atoms with Crippen molar-refractivity contribution in [1.29, 1.82) is 0 Å². The number of hydrogen-bond acceptors (Lipinski definition) is 3. The highest BCUT2D eigenvalue weighted by molar-refractivity contribution is 7.12. The van der Waals surface area contributed by atoms with Crippen LogP contribution in [0.2, 0.25) is 0 Å².